The zero-order valence-electron chi connectivity index (χ0n) is 12.3. The molecule has 2 aliphatic heterocycles. The van der Waals surface area contributed by atoms with Crippen LogP contribution >= 0.6 is 0 Å². The van der Waals surface area contributed by atoms with E-state index in [1.807, 2.05) is 6.20 Å². The zero-order chi connectivity index (χ0) is 13.9. The van der Waals surface area contributed by atoms with Crippen LogP contribution < -0.4 is 4.90 Å². The third-order valence-electron chi connectivity index (χ3n) is 4.73. The Bertz CT molecular complexity index is 451. The highest BCUT2D eigenvalue weighted by molar-refractivity contribution is 5.43. The lowest BCUT2D eigenvalue weighted by Gasteiger charge is -2.32. The first-order valence-corrected chi connectivity index (χ1v) is 7.82. The third kappa shape index (κ3) is 2.81. The van der Waals surface area contributed by atoms with Gasteiger partial charge in [0.05, 0.1) is 6.61 Å². The van der Waals surface area contributed by atoms with Gasteiger partial charge in [-0.05, 0) is 56.8 Å². The Morgan fingerprint density at radius 1 is 1.25 bits per heavy atom. The van der Waals surface area contributed by atoms with Crippen LogP contribution in [0.3, 0.4) is 0 Å². The third-order valence-corrected chi connectivity index (χ3v) is 4.73. The van der Waals surface area contributed by atoms with E-state index in [-0.39, 0.29) is 0 Å². The minimum absolute atomic E-state index is 0.301. The maximum atomic E-state index is 9.46. The lowest BCUT2D eigenvalue weighted by atomic mass is 10.1. The molecule has 3 heterocycles. The highest BCUT2D eigenvalue weighted by atomic mass is 16.3. The number of nitrogens with zero attached hydrogens (tertiary/aromatic N) is 3. The van der Waals surface area contributed by atoms with E-state index in [1.165, 1.54) is 24.8 Å². The van der Waals surface area contributed by atoms with Gasteiger partial charge >= 0.3 is 0 Å². The van der Waals surface area contributed by atoms with E-state index in [1.54, 1.807) is 0 Å². The summed E-state index contributed by atoms with van der Waals surface area (Å²) in [5, 5.41) is 9.46. The Labute approximate surface area is 121 Å². The Morgan fingerprint density at radius 3 is 2.85 bits per heavy atom. The molecule has 20 heavy (non-hydrogen) atoms. The molecule has 1 aromatic rings. The number of aliphatic hydroxyl groups is 1. The van der Waals surface area contributed by atoms with Gasteiger partial charge in [0, 0.05) is 31.4 Å². The molecule has 0 aliphatic carbocycles. The molecule has 0 amide bonds. The second kappa shape index (κ2) is 6.10. The van der Waals surface area contributed by atoms with Gasteiger partial charge in [-0.1, -0.05) is 0 Å². The highest BCUT2D eigenvalue weighted by Crippen LogP contribution is 2.27. The largest absolute Gasteiger partial charge is 0.395 e. The van der Waals surface area contributed by atoms with Crippen LogP contribution in [0.2, 0.25) is 0 Å². The molecule has 4 heteroatoms. The second-order valence-electron chi connectivity index (χ2n) is 6.15. The average Bonchev–Trinajstić information content (AvgIpc) is 3.08. The van der Waals surface area contributed by atoms with Crippen molar-refractivity contribution in [3.63, 3.8) is 0 Å². The summed E-state index contributed by atoms with van der Waals surface area (Å²) in [7, 11) is 0. The molecule has 1 N–H and O–H groups in total. The van der Waals surface area contributed by atoms with Gasteiger partial charge in [-0.25, -0.2) is 4.98 Å². The minimum atomic E-state index is 0.301. The summed E-state index contributed by atoms with van der Waals surface area (Å²) in [6, 6.07) is 5.17. The number of rotatable bonds is 4. The zero-order valence-corrected chi connectivity index (χ0v) is 12.3. The van der Waals surface area contributed by atoms with Crippen molar-refractivity contribution < 1.29 is 5.11 Å². The lowest BCUT2D eigenvalue weighted by molar-refractivity contribution is 0.153. The summed E-state index contributed by atoms with van der Waals surface area (Å²) in [6.07, 6.45) is 6.77. The highest BCUT2D eigenvalue weighted by Gasteiger charge is 2.31. The molecule has 0 radical (unpaired) electrons. The molecule has 2 atom stereocenters. The molecule has 2 saturated heterocycles. The fourth-order valence-electron chi connectivity index (χ4n) is 3.62. The van der Waals surface area contributed by atoms with Gasteiger partial charge in [-0.2, -0.15) is 0 Å². The second-order valence-corrected chi connectivity index (χ2v) is 6.15. The summed E-state index contributed by atoms with van der Waals surface area (Å²) in [4.78, 5) is 9.47. The first kappa shape index (κ1) is 13.8. The van der Waals surface area contributed by atoms with Crippen molar-refractivity contribution >= 4 is 5.82 Å². The minimum Gasteiger partial charge on any atom is -0.395 e. The van der Waals surface area contributed by atoms with Gasteiger partial charge in [0.15, 0.2) is 0 Å². The molecule has 2 fully saturated rings. The van der Waals surface area contributed by atoms with Crippen LogP contribution in [0, 0.1) is 6.92 Å². The van der Waals surface area contributed by atoms with Crippen LogP contribution in [0.1, 0.15) is 31.2 Å². The molecule has 4 nitrogen and oxygen atoms in total. The van der Waals surface area contributed by atoms with E-state index in [4.69, 9.17) is 0 Å². The van der Waals surface area contributed by atoms with Crippen molar-refractivity contribution in [2.24, 2.45) is 0 Å². The van der Waals surface area contributed by atoms with Crippen LogP contribution in [0.15, 0.2) is 18.3 Å². The molecule has 3 rings (SSSR count). The first-order chi connectivity index (χ1) is 9.78. The number of likely N-dealkylation sites (tertiary alicyclic amines) is 1. The van der Waals surface area contributed by atoms with Crippen molar-refractivity contribution in [1.29, 1.82) is 0 Å². The van der Waals surface area contributed by atoms with Gasteiger partial charge in [-0.15, -0.1) is 0 Å². The maximum absolute atomic E-state index is 9.46. The molecule has 0 spiro atoms. The quantitative estimate of drug-likeness (QED) is 0.910. The van der Waals surface area contributed by atoms with Gasteiger partial charge in [-0.3, -0.25) is 4.90 Å². The Morgan fingerprint density at radius 2 is 2.05 bits per heavy atom. The number of aromatic nitrogens is 1. The molecular formula is C16H25N3O. The summed E-state index contributed by atoms with van der Waals surface area (Å²) in [5.74, 6) is 1.12. The molecule has 0 bridgehead atoms. The average molecular weight is 275 g/mol. The molecule has 2 unspecified atom stereocenters. The van der Waals surface area contributed by atoms with E-state index in [9.17, 15) is 5.11 Å². The van der Waals surface area contributed by atoms with Crippen molar-refractivity contribution in [2.45, 2.75) is 44.7 Å². The Hall–Kier alpha value is -1.13. The Balaban J connectivity index is 1.69. The molecule has 110 valence electrons. The molecule has 1 aromatic heterocycles. The van der Waals surface area contributed by atoms with Crippen LogP contribution in [-0.4, -0.2) is 53.3 Å². The van der Waals surface area contributed by atoms with Crippen molar-refractivity contribution in [2.75, 3.05) is 31.1 Å². The number of anilines is 1. The lowest BCUT2D eigenvalue weighted by Crippen LogP contribution is -2.43. The topological polar surface area (TPSA) is 39.6 Å². The summed E-state index contributed by atoms with van der Waals surface area (Å²) < 4.78 is 0. The fourth-order valence-corrected chi connectivity index (χ4v) is 3.62. The standard InChI is InChI=1S/C16H25N3O/c1-13-6-7-17-16(10-13)19-9-3-4-14(19)11-18-8-2-5-15(18)12-20/h6-7,10,14-15,20H,2-5,8-9,11-12H2,1H3. The van der Waals surface area contributed by atoms with Gasteiger partial charge in [0.25, 0.3) is 0 Å². The SMILES string of the molecule is Cc1ccnc(N2CCCC2CN2CCCC2CO)c1. The number of pyridine rings is 1. The predicted octanol–water partition coefficient (Wildman–Crippen LogP) is 1.82. The van der Waals surface area contributed by atoms with Crippen LogP contribution in [0.4, 0.5) is 5.82 Å². The Kier molecular flexibility index (Phi) is 4.22. The monoisotopic (exact) mass is 275 g/mol. The first-order valence-electron chi connectivity index (χ1n) is 7.82. The van der Waals surface area contributed by atoms with Crippen LogP contribution in [0.25, 0.3) is 0 Å². The molecule has 2 aliphatic rings. The van der Waals surface area contributed by atoms with Crippen molar-refractivity contribution in [3.8, 4) is 0 Å². The van der Waals surface area contributed by atoms with E-state index < -0.39 is 0 Å². The van der Waals surface area contributed by atoms with Crippen LogP contribution in [-0.2, 0) is 0 Å². The summed E-state index contributed by atoms with van der Waals surface area (Å²) >= 11 is 0. The van der Waals surface area contributed by atoms with E-state index in [0.717, 1.165) is 31.9 Å². The maximum Gasteiger partial charge on any atom is 0.129 e. The van der Waals surface area contributed by atoms with Gasteiger partial charge in [0.1, 0.15) is 5.82 Å². The predicted molar refractivity (Wildman–Crippen MR) is 81.0 cm³/mol. The smallest absolute Gasteiger partial charge is 0.129 e. The molecule has 0 aromatic carbocycles. The van der Waals surface area contributed by atoms with Gasteiger partial charge in [0.2, 0.25) is 0 Å². The fraction of sp³-hybridized carbons (Fsp3) is 0.688. The number of aliphatic hydroxyl groups excluding tert-OH is 1. The van der Waals surface area contributed by atoms with Crippen molar-refractivity contribution in [1.82, 2.24) is 9.88 Å². The summed E-state index contributed by atoms with van der Waals surface area (Å²) in [6.45, 7) is 5.74. The molecular weight excluding hydrogens is 250 g/mol. The van der Waals surface area contributed by atoms with E-state index >= 15 is 0 Å². The van der Waals surface area contributed by atoms with Gasteiger partial charge < -0.3 is 10.0 Å². The van der Waals surface area contributed by atoms with Crippen LogP contribution in [0.5, 0.6) is 0 Å². The van der Waals surface area contributed by atoms with Crippen molar-refractivity contribution in [3.05, 3.63) is 23.9 Å². The summed E-state index contributed by atoms with van der Waals surface area (Å²) in [5.41, 5.74) is 1.27. The normalized spacial score (nSPS) is 27.4. The number of hydrogen-bond acceptors (Lipinski definition) is 4. The number of aryl methyl sites for hydroxylation is 1. The van der Waals surface area contributed by atoms with E-state index in [0.29, 0.717) is 18.7 Å². The molecule has 0 saturated carbocycles. The van der Waals surface area contributed by atoms with E-state index in [2.05, 4.69) is 33.8 Å². The number of hydrogen-bond donors (Lipinski definition) is 1.